The molecular weight excluding hydrogens is 385 g/mol. The smallest absolute Gasteiger partial charge is 0.351 e. The van der Waals surface area contributed by atoms with Crippen LogP contribution in [0.1, 0.15) is 32.0 Å². The lowest BCUT2D eigenvalue weighted by molar-refractivity contribution is -0.154. The maximum absolute atomic E-state index is 12.5. The Morgan fingerprint density at radius 2 is 2.14 bits per heavy atom. The summed E-state index contributed by atoms with van der Waals surface area (Å²) in [6.07, 6.45) is -1.17. The number of pyridine rings is 1. The van der Waals surface area contributed by atoms with Crippen LogP contribution in [-0.2, 0) is 4.79 Å². The first-order chi connectivity index (χ1) is 13.7. The number of piperidine rings is 1. The van der Waals surface area contributed by atoms with Crippen molar-refractivity contribution in [3.05, 3.63) is 24.3 Å². The third kappa shape index (κ3) is 3.96. The van der Waals surface area contributed by atoms with Crippen LogP contribution in [0.15, 0.2) is 18.5 Å². The number of amides is 1. The summed E-state index contributed by atoms with van der Waals surface area (Å²) in [6, 6.07) is 1.64. The van der Waals surface area contributed by atoms with Crippen LogP contribution in [0.25, 0.3) is 21.9 Å². The fraction of sp³-hybridized carbons (Fsp3) is 0.474. The highest BCUT2D eigenvalue weighted by Crippen LogP contribution is 2.33. The normalized spacial score (nSPS) is 20.4. The SMILES string of the molecule is Cc1nc(N2CC(NC(=O)CC(F)(F)F)CCC2C)c2c(cnc3[nH]ccc32)n1. The molecule has 1 saturated heterocycles. The molecule has 1 aliphatic rings. The number of nitrogens with zero attached hydrogens (tertiary/aromatic N) is 4. The predicted molar refractivity (Wildman–Crippen MR) is 103 cm³/mol. The molecule has 3 aromatic heterocycles. The number of aromatic nitrogens is 4. The van der Waals surface area contributed by atoms with Gasteiger partial charge in [-0.3, -0.25) is 4.79 Å². The first kappa shape index (κ1) is 19.4. The molecule has 0 bridgehead atoms. The number of alkyl halides is 3. The Balaban J connectivity index is 1.68. The average molecular weight is 406 g/mol. The minimum atomic E-state index is -4.52. The fourth-order valence-electron chi connectivity index (χ4n) is 3.91. The second kappa shape index (κ2) is 7.16. The van der Waals surface area contributed by atoms with Crippen LogP contribution < -0.4 is 10.2 Å². The summed E-state index contributed by atoms with van der Waals surface area (Å²) >= 11 is 0. The number of carbonyl (C=O) groups excluding carboxylic acids is 1. The van der Waals surface area contributed by atoms with Crippen LogP contribution in [0.2, 0.25) is 0 Å². The first-order valence-electron chi connectivity index (χ1n) is 9.44. The molecule has 0 aliphatic carbocycles. The molecule has 1 fully saturated rings. The molecular formula is C19H21F3N6O. The number of nitrogens with one attached hydrogen (secondary N) is 2. The van der Waals surface area contributed by atoms with Gasteiger partial charge in [-0.25, -0.2) is 15.0 Å². The standard InChI is InChI=1S/C19H21F3N6O/c1-10-3-4-12(27-15(29)7-19(20,21)22)9-28(10)18-16-13-5-6-23-17(13)24-8-14(16)25-11(2)26-18/h5-6,8,10,12H,3-4,7,9H2,1-2H3,(H,23,24)(H,27,29). The number of H-pyrrole nitrogens is 1. The van der Waals surface area contributed by atoms with E-state index in [-0.39, 0.29) is 12.1 Å². The molecule has 0 aromatic carbocycles. The number of fused-ring (bicyclic) bond motifs is 3. The number of anilines is 1. The molecule has 10 heteroatoms. The highest BCUT2D eigenvalue weighted by molar-refractivity contribution is 6.09. The Morgan fingerprint density at radius 3 is 2.90 bits per heavy atom. The van der Waals surface area contributed by atoms with Crippen LogP contribution in [-0.4, -0.2) is 50.6 Å². The lowest BCUT2D eigenvalue weighted by Gasteiger charge is -2.39. The second-order valence-corrected chi connectivity index (χ2v) is 7.49. The van der Waals surface area contributed by atoms with Crippen molar-refractivity contribution < 1.29 is 18.0 Å². The van der Waals surface area contributed by atoms with E-state index in [2.05, 4.69) is 25.3 Å². The molecule has 2 unspecified atom stereocenters. The van der Waals surface area contributed by atoms with Gasteiger partial charge in [0.15, 0.2) is 0 Å². The van der Waals surface area contributed by atoms with Crippen molar-refractivity contribution in [2.24, 2.45) is 0 Å². The van der Waals surface area contributed by atoms with Gasteiger partial charge in [-0.2, -0.15) is 13.2 Å². The van der Waals surface area contributed by atoms with Crippen molar-refractivity contribution in [1.82, 2.24) is 25.3 Å². The van der Waals surface area contributed by atoms with Gasteiger partial charge in [-0.05, 0) is 32.8 Å². The monoisotopic (exact) mass is 406 g/mol. The summed E-state index contributed by atoms with van der Waals surface area (Å²) in [5.74, 6) is 0.291. The van der Waals surface area contributed by atoms with Crippen molar-refractivity contribution >= 4 is 33.7 Å². The fourth-order valence-corrected chi connectivity index (χ4v) is 3.91. The van der Waals surface area contributed by atoms with Gasteiger partial charge in [0, 0.05) is 30.2 Å². The van der Waals surface area contributed by atoms with Gasteiger partial charge in [-0.1, -0.05) is 0 Å². The Labute approximate surface area is 164 Å². The quantitative estimate of drug-likeness (QED) is 0.697. The van der Waals surface area contributed by atoms with E-state index in [4.69, 9.17) is 0 Å². The highest BCUT2D eigenvalue weighted by atomic mass is 19.4. The predicted octanol–water partition coefficient (Wildman–Crippen LogP) is 3.24. The average Bonchev–Trinajstić information content (AvgIpc) is 3.09. The third-order valence-corrected chi connectivity index (χ3v) is 5.22. The second-order valence-electron chi connectivity index (χ2n) is 7.49. The Bertz CT molecular complexity index is 1060. The molecule has 3 aromatic rings. The zero-order valence-corrected chi connectivity index (χ0v) is 16.0. The Kier molecular flexibility index (Phi) is 4.79. The van der Waals surface area contributed by atoms with E-state index in [1.165, 1.54) is 0 Å². The Hall–Kier alpha value is -2.91. The van der Waals surface area contributed by atoms with Crippen molar-refractivity contribution in [1.29, 1.82) is 0 Å². The number of halogens is 3. The summed E-state index contributed by atoms with van der Waals surface area (Å²) < 4.78 is 37.5. The van der Waals surface area contributed by atoms with Crippen molar-refractivity contribution in [2.45, 2.75) is 51.4 Å². The summed E-state index contributed by atoms with van der Waals surface area (Å²) in [4.78, 5) is 30.4. The number of aryl methyl sites for hydroxylation is 1. The summed E-state index contributed by atoms with van der Waals surface area (Å²) in [7, 11) is 0. The minimum Gasteiger partial charge on any atom is -0.351 e. The molecule has 7 nitrogen and oxygen atoms in total. The van der Waals surface area contributed by atoms with Crippen LogP contribution in [0.3, 0.4) is 0 Å². The van der Waals surface area contributed by atoms with Crippen LogP contribution in [0.4, 0.5) is 19.0 Å². The van der Waals surface area contributed by atoms with E-state index < -0.39 is 18.5 Å². The summed E-state index contributed by atoms with van der Waals surface area (Å²) in [5, 5.41) is 4.25. The van der Waals surface area contributed by atoms with Gasteiger partial charge in [0.25, 0.3) is 0 Å². The molecule has 0 saturated carbocycles. The molecule has 1 amide bonds. The zero-order chi connectivity index (χ0) is 20.8. The molecule has 4 heterocycles. The maximum atomic E-state index is 12.5. The third-order valence-electron chi connectivity index (χ3n) is 5.22. The van der Waals surface area contributed by atoms with Crippen LogP contribution in [0.5, 0.6) is 0 Å². The molecule has 0 spiro atoms. The van der Waals surface area contributed by atoms with Gasteiger partial charge in [0.1, 0.15) is 23.7 Å². The summed E-state index contributed by atoms with van der Waals surface area (Å²) in [5.41, 5.74) is 1.42. The Morgan fingerprint density at radius 1 is 1.34 bits per heavy atom. The minimum absolute atomic E-state index is 0.116. The highest BCUT2D eigenvalue weighted by Gasteiger charge is 2.34. The molecule has 0 radical (unpaired) electrons. The lowest BCUT2D eigenvalue weighted by Crippen LogP contribution is -2.52. The number of rotatable bonds is 3. The zero-order valence-electron chi connectivity index (χ0n) is 16.0. The van der Waals surface area contributed by atoms with Crippen LogP contribution in [0, 0.1) is 6.92 Å². The van der Waals surface area contributed by atoms with E-state index in [0.717, 1.165) is 17.2 Å². The lowest BCUT2D eigenvalue weighted by atomic mass is 9.98. The van der Waals surface area contributed by atoms with Crippen LogP contribution >= 0.6 is 0 Å². The number of aromatic amines is 1. The van der Waals surface area contributed by atoms with Crippen molar-refractivity contribution in [3.8, 4) is 0 Å². The molecule has 29 heavy (non-hydrogen) atoms. The first-order valence-corrected chi connectivity index (χ1v) is 9.44. The van der Waals surface area contributed by atoms with Crippen molar-refractivity contribution in [3.63, 3.8) is 0 Å². The summed E-state index contributed by atoms with van der Waals surface area (Å²) in [6.45, 7) is 4.22. The van der Waals surface area contributed by atoms with Gasteiger partial charge in [-0.15, -0.1) is 0 Å². The van der Waals surface area contributed by atoms with E-state index in [1.54, 1.807) is 19.3 Å². The molecule has 2 N–H and O–H groups in total. The van der Waals surface area contributed by atoms with Gasteiger partial charge in [0.2, 0.25) is 5.91 Å². The van der Waals surface area contributed by atoms with E-state index in [9.17, 15) is 18.0 Å². The largest absolute Gasteiger partial charge is 0.397 e. The molecule has 1 aliphatic heterocycles. The number of hydrogen-bond acceptors (Lipinski definition) is 5. The van der Waals surface area contributed by atoms with Gasteiger partial charge < -0.3 is 15.2 Å². The van der Waals surface area contributed by atoms with E-state index in [0.29, 0.717) is 35.8 Å². The van der Waals surface area contributed by atoms with E-state index >= 15 is 0 Å². The topological polar surface area (TPSA) is 86.8 Å². The molecule has 2 atom stereocenters. The number of carbonyl (C=O) groups is 1. The van der Waals surface area contributed by atoms with Gasteiger partial charge >= 0.3 is 6.18 Å². The number of hydrogen-bond donors (Lipinski definition) is 2. The maximum Gasteiger partial charge on any atom is 0.397 e. The molecule has 154 valence electrons. The molecule has 4 rings (SSSR count). The van der Waals surface area contributed by atoms with E-state index in [1.807, 2.05) is 17.9 Å². The van der Waals surface area contributed by atoms with Gasteiger partial charge in [0.05, 0.1) is 17.1 Å². The van der Waals surface area contributed by atoms with Crippen molar-refractivity contribution in [2.75, 3.05) is 11.4 Å².